The first-order valence-corrected chi connectivity index (χ1v) is 8.99. The summed E-state index contributed by atoms with van der Waals surface area (Å²) in [6.07, 6.45) is 3.05. The van der Waals surface area contributed by atoms with E-state index in [1.807, 2.05) is 24.5 Å². The molecule has 0 radical (unpaired) electrons. The van der Waals surface area contributed by atoms with Gasteiger partial charge < -0.3 is 5.32 Å². The van der Waals surface area contributed by atoms with Crippen molar-refractivity contribution >= 4 is 22.6 Å². The summed E-state index contributed by atoms with van der Waals surface area (Å²) < 4.78 is 0. The highest BCUT2D eigenvalue weighted by atomic mass is 32.2. The van der Waals surface area contributed by atoms with Crippen LogP contribution < -0.4 is 16.2 Å². The number of anilines is 1. The number of thioether (sulfide) groups is 1. The van der Waals surface area contributed by atoms with E-state index in [2.05, 4.69) is 59.5 Å². The number of aryl methyl sites for hydroxylation is 1. The minimum absolute atomic E-state index is 0.0687. The van der Waals surface area contributed by atoms with Crippen molar-refractivity contribution in [1.29, 1.82) is 0 Å². The van der Waals surface area contributed by atoms with Gasteiger partial charge in [-0.2, -0.15) is 0 Å². The second-order valence-corrected chi connectivity index (χ2v) is 6.38. The predicted molar refractivity (Wildman–Crippen MR) is 99.6 cm³/mol. The van der Waals surface area contributed by atoms with Crippen LogP contribution in [-0.4, -0.2) is 17.6 Å². The molecule has 1 saturated heterocycles. The van der Waals surface area contributed by atoms with E-state index in [0.717, 1.165) is 17.3 Å². The van der Waals surface area contributed by atoms with Gasteiger partial charge in [0.05, 0.1) is 0 Å². The predicted octanol–water partition coefficient (Wildman–Crippen LogP) is 3.69. The second kappa shape index (κ2) is 7.64. The van der Waals surface area contributed by atoms with E-state index < -0.39 is 0 Å². The van der Waals surface area contributed by atoms with Crippen molar-refractivity contribution in [1.82, 2.24) is 10.9 Å². The summed E-state index contributed by atoms with van der Waals surface area (Å²) >= 11 is 1.63. The van der Waals surface area contributed by atoms with Crippen LogP contribution in [0.3, 0.4) is 0 Å². The molecule has 3 rings (SSSR count). The zero-order valence-corrected chi connectivity index (χ0v) is 14.2. The summed E-state index contributed by atoms with van der Waals surface area (Å²) in [5, 5.41) is 4.35. The van der Waals surface area contributed by atoms with Crippen molar-refractivity contribution in [2.75, 3.05) is 11.6 Å². The lowest BCUT2D eigenvalue weighted by Gasteiger charge is -2.12. The first kappa shape index (κ1) is 16.1. The lowest BCUT2D eigenvalue weighted by Crippen LogP contribution is -2.30. The number of para-hydroxylation sites is 1. The molecule has 2 aromatic carbocycles. The maximum absolute atomic E-state index is 4.80. The van der Waals surface area contributed by atoms with E-state index in [1.165, 1.54) is 11.1 Å². The highest BCUT2D eigenvalue weighted by molar-refractivity contribution is 8.13. The van der Waals surface area contributed by atoms with Crippen LogP contribution in [0.15, 0.2) is 59.6 Å². The highest BCUT2D eigenvalue weighted by Gasteiger charge is 2.24. The molecule has 23 heavy (non-hydrogen) atoms. The van der Waals surface area contributed by atoms with Crippen LogP contribution in [0.1, 0.15) is 23.6 Å². The summed E-state index contributed by atoms with van der Waals surface area (Å²) in [5.41, 5.74) is 10.2. The van der Waals surface area contributed by atoms with Gasteiger partial charge in [-0.1, -0.05) is 60.3 Å². The normalized spacial score (nSPS) is 21.4. The number of benzene rings is 2. The Balaban J connectivity index is 1.67. The molecule has 0 spiro atoms. The van der Waals surface area contributed by atoms with Crippen LogP contribution in [0.2, 0.25) is 0 Å². The molecule has 0 saturated carbocycles. The summed E-state index contributed by atoms with van der Waals surface area (Å²) in [5.74, 6) is 0. The van der Waals surface area contributed by atoms with Crippen molar-refractivity contribution in [2.45, 2.75) is 25.6 Å². The van der Waals surface area contributed by atoms with Crippen molar-refractivity contribution in [3.8, 4) is 0 Å². The molecule has 120 valence electrons. The summed E-state index contributed by atoms with van der Waals surface area (Å²) in [4.78, 5) is 4.80. The van der Waals surface area contributed by atoms with E-state index >= 15 is 0 Å². The van der Waals surface area contributed by atoms with Gasteiger partial charge in [0.15, 0.2) is 5.17 Å². The topological polar surface area (TPSA) is 48.5 Å². The SMILES string of the molecule is CS/C(=N\C1CC(c2ccccc2)NN1)Nc1ccccc1C. The first-order valence-electron chi connectivity index (χ1n) is 7.76. The molecule has 2 aromatic rings. The minimum atomic E-state index is 0.0687. The quantitative estimate of drug-likeness (QED) is 0.595. The summed E-state index contributed by atoms with van der Waals surface area (Å²) in [6, 6.07) is 19.0. The van der Waals surface area contributed by atoms with Crippen LogP contribution in [0.25, 0.3) is 0 Å². The fourth-order valence-electron chi connectivity index (χ4n) is 2.63. The third-order valence-corrected chi connectivity index (χ3v) is 4.53. The maximum Gasteiger partial charge on any atom is 0.162 e. The van der Waals surface area contributed by atoms with E-state index in [0.29, 0.717) is 6.04 Å². The van der Waals surface area contributed by atoms with Crippen molar-refractivity contribution in [2.24, 2.45) is 4.99 Å². The number of aliphatic imine (C=N–C) groups is 1. The Morgan fingerprint density at radius 1 is 1.09 bits per heavy atom. The van der Waals surface area contributed by atoms with Gasteiger partial charge in [-0.25, -0.2) is 15.8 Å². The Morgan fingerprint density at radius 3 is 2.57 bits per heavy atom. The van der Waals surface area contributed by atoms with Gasteiger partial charge in [0.2, 0.25) is 0 Å². The minimum Gasteiger partial charge on any atom is -0.335 e. The number of nitrogens with zero attached hydrogens (tertiary/aromatic N) is 1. The van der Waals surface area contributed by atoms with Crippen LogP contribution in [0, 0.1) is 6.92 Å². The number of rotatable bonds is 3. The Kier molecular flexibility index (Phi) is 5.33. The molecule has 2 unspecified atom stereocenters. The molecular formula is C18H22N4S. The molecule has 1 heterocycles. The molecule has 0 aromatic heterocycles. The van der Waals surface area contributed by atoms with Crippen LogP contribution in [0.4, 0.5) is 5.69 Å². The van der Waals surface area contributed by atoms with Crippen molar-refractivity contribution in [3.05, 3.63) is 65.7 Å². The van der Waals surface area contributed by atoms with Gasteiger partial charge in [-0.15, -0.1) is 0 Å². The highest BCUT2D eigenvalue weighted by Crippen LogP contribution is 2.23. The monoisotopic (exact) mass is 326 g/mol. The number of hydrogen-bond acceptors (Lipinski definition) is 4. The molecular weight excluding hydrogens is 304 g/mol. The lowest BCUT2D eigenvalue weighted by molar-refractivity contribution is 0.553. The summed E-state index contributed by atoms with van der Waals surface area (Å²) in [6.45, 7) is 2.10. The average Bonchev–Trinajstić information content (AvgIpc) is 3.05. The Morgan fingerprint density at radius 2 is 1.83 bits per heavy atom. The van der Waals surface area contributed by atoms with Crippen molar-refractivity contribution in [3.63, 3.8) is 0 Å². The van der Waals surface area contributed by atoms with E-state index in [4.69, 9.17) is 4.99 Å². The first-order chi connectivity index (χ1) is 11.3. The van der Waals surface area contributed by atoms with Gasteiger partial charge in [-0.05, 0) is 30.4 Å². The third kappa shape index (κ3) is 4.13. The zero-order valence-electron chi connectivity index (χ0n) is 13.4. The molecule has 3 N–H and O–H groups in total. The molecule has 5 heteroatoms. The van der Waals surface area contributed by atoms with E-state index in [-0.39, 0.29) is 6.17 Å². The molecule has 1 aliphatic rings. The average molecular weight is 326 g/mol. The molecule has 4 nitrogen and oxygen atoms in total. The fourth-order valence-corrected chi connectivity index (χ4v) is 3.08. The van der Waals surface area contributed by atoms with Crippen LogP contribution in [0.5, 0.6) is 0 Å². The van der Waals surface area contributed by atoms with Gasteiger partial charge in [0.1, 0.15) is 6.17 Å². The largest absolute Gasteiger partial charge is 0.335 e. The van der Waals surface area contributed by atoms with Crippen LogP contribution in [-0.2, 0) is 0 Å². The van der Waals surface area contributed by atoms with Gasteiger partial charge in [-0.3, -0.25) is 0 Å². The smallest absolute Gasteiger partial charge is 0.162 e. The lowest BCUT2D eigenvalue weighted by atomic mass is 10.1. The molecule has 1 fully saturated rings. The van der Waals surface area contributed by atoms with E-state index in [9.17, 15) is 0 Å². The maximum atomic E-state index is 4.80. The fraction of sp³-hybridized carbons (Fsp3) is 0.278. The Hall–Kier alpha value is -1.82. The van der Waals surface area contributed by atoms with Gasteiger partial charge in [0.25, 0.3) is 0 Å². The Bertz CT molecular complexity index is 672. The van der Waals surface area contributed by atoms with Gasteiger partial charge >= 0.3 is 0 Å². The van der Waals surface area contributed by atoms with Crippen molar-refractivity contribution < 1.29 is 0 Å². The number of amidine groups is 1. The molecule has 1 aliphatic heterocycles. The zero-order chi connectivity index (χ0) is 16.1. The Labute approximate surface area is 141 Å². The van der Waals surface area contributed by atoms with E-state index in [1.54, 1.807) is 11.8 Å². The van der Waals surface area contributed by atoms with Crippen LogP contribution >= 0.6 is 11.8 Å². The molecule has 0 aliphatic carbocycles. The number of hydrogen-bond donors (Lipinski definition) is 3. The molecule has 0 amide bonds. The molecule has 0 bridgehead atoms. The third-order valence-electron chi connectivity index (χ3n) is 3.94. The molecule has 2 atom stereocenters. The second-order valence-electron chi connectivity index (χ2n) is 5.58. The standard InChI is InChI=1S/C18H22N4S/c1-13-8-6-7-11-15(13)19-18(23-2)20-17-12-16(21-22-17)14-9-4-3-5-10-14/h3-11,16-17,21-22H,12H2,1-2H3,(H,19,20). The van der Waals surface area contributed by atoms with Gasteiger partial charge in [0, 0.05) is 18.2 Å². The summed E-state index contributed by atoms with van der Waals surface area (Å²) in [7, 11) is 0. The number of nitrogens with one attached hydrogen (secondary N) is 3. The number of hydrazine groups is 1.